The van der Waals surface area contributed by atoms with E-state index in [0.717, 1.165) is 89.9 Å². The Kier molecular flexibility index (Phi) is 39.8. The number of hydrogen-bond acceptors (Lipinski definition) is 9. The highest BCUT2D eigenvalue weighted by molar-refractivity contribution is 6.74. The molecule has 0 saturated heterocycles. The van der Waals surface area contributed by atoms with Gasteiger partial charge in [-0.15, -0.1) is 0 Å². The molecular weight excluding hydrogens is 895 g/mol. The summed E-state index contributed by atoms with van der Waals surface area (Å²) in [6.45, 7) is 29.6. The molecule has 0 bridgehead atoms. The van der Waals surface area contributed by atoms with Gasteiger partial charge >= 0.3 is 17.9 Å². The first-order valence-electron chi connectivity index (χ1n) is 27.9. The van der Waals surface area contributed by atoms with E-state index in [4.69, 9.17) is 23.1 Å². The Morgan fingerprint density at radius 2 is 0.797 bits per heavy atom. The van der Waals surface area contributed by atoms with Crippen LogP contribution in [0.5, 0.6) is 0 Å². The van der Waals surface area contributed by atoms with Crippen molar-refractivity contribution in [2.24, 2.45) is 0 Å². The Balaban J connectivity index is 5.15. The number of hydrogen-bond donors (Lipinski definition) is 0. The van der Waals surface area contributed by atoms with Gasteiger partial charge in [0, 0.05) is 45.7 Å². The maximum absolute atomic E-state index is 13.2. The molecule has 402 valence electrons. The molecule has 0 aliphatic rings. The zero-order valence-electron chi connectivity index (χ0n) is 47.0. The number of unbranched alkanes of at least 4 members (excludes halogenated alkanes) is 16. The number of esters is 3. The number of ether oxygens (including phenoxy) is 3. The molecule has 0 rings (SSSR count). The van der Waals surface area contributed by atoms with E-state index in [1.54, 1.807) is 0 Å². The third-order valence-electron chi connectivity index (χ3n) is 13.8. The van der Waals surface area contributed by atoms with E-state index in [-0.39, 0.29) is 54.0 Å². The molecule has 0 aliphatic heterocycles. The van der Waals surface area contributed by atoms with Crippen LogP contribution in [-0.2, 0) is 37.4 Å². The summed E-state index contributed by atoms with van der Waals surface area (Å²) in [6.07, 6.45) is 42.4. The molecule has 0 spiro atoms. The topological polar surface area (TPSA) is 101 Å². The minimum Gasteiger partial charge on any atom is -0.462 e. The van der Waals surface area contributed by atoms with Crippen LogP contribution in [0, 0.1) is 0 Å². The number of allylic oxidation sites excluding steroid dienone is 8. The molecule has 69 heavy (non-hydrogen) atoms. The molecule has 0 saturated carbocycles. The molecular formula is C58H109NO8Si2. The Morgan fingerprint density at radius 3 is 1.19 bits per heavy atom. The zero-order valence-corrected chi connectivity index (χ0v) is 49.0. The van der Waals surface area contributed by atoms with Crippen molar-refractivity contribution >= 4 is 34.5 Å². The normalized spacial score (nSPS) is 13.5. The lowest BCUT2D eigenvalue weighted by atomic mass is 10.1. The second-order valence-corrected chi connectivity index (χ2v) is 31.9. The van der Waals surface area contributed by atoms with Crippen molar-refractivity contribution in [1.29, 1.82) is 0 Å². The van der Waals surface area contributed by atoms with Gasteiger partial charge in [-0.3, -0.25) is 19.3 Å². The van der Waals surface area contributed by atoms with Gasteiger partial charge < -0.3 is 23.1 Å². The summed E-state index contributed by atoms with van der Waals surface area (Å²) in [5.41, 5.74) is 0. The second-order valence-electron chi connectivity index (χ2n) is 22.2. The average molecular weight is 1000 g/mol. The Hall–Kier alpha value is -2.32. The van der Waals surface area contributed by atoms with Gasteiger partial charge in [-0.2, -0.15) is 0 Å². The summed E-state index contributed by atoms with van der Waals surface area (Å²) in [5.74, 6) is -1.07. The fourth-order valence-electron chi connectivity index (χ4n) is 6.92. The van der Waals surface area contributed by atoms with Crippen LogP contribution in [0.2, 0.25) is 36.3 Å². The molecule has 0 aromatic rings. The van der Waals surface area contributed by atoms with Crippen molar-refractivity contribution in [2.75, 3.05) is 46.1 Å². The Morgan fingerprint density at radius 1 is 0.449 bits per heavy atom. The van der Waals surface area contributed by atoms with Crippen LogP contribution in [0.25, 0.3) is 0 Å². The Labute approximate surface area is 428 Å². The number of carbonyl (C=O) groups excluding carboxylic acids is 3. The standard InChI is InChI=1S/C58H109NO8Si2/c1-13-15-17-19-21-23-25-27-29-31-33-35-37-39-41-43-54(60)63-51-53(67-56(62)44-42-40-38-36-34-32-30-28-26-24-22-20-18-16-14-2)52-64-55(61)45-46-59(47-49-65-68(9,10)57(3,4)5)48-50-66-69(11,12)58(6,7)8/h21-24,27-30,53H,13-20,25-26,31-52H2,1-12H3/b23-21-,24-22-,29-27-,30-28-/t53-/m1/s1. The first-order valence-corrected chi connectivity index (χ1v) is 33.7. The van der Waals surface area contributed by atoms with Crippen LogP contribution in [0.3, 0.4) is 0 Å². The van der Waals surface area contributed by atoms with E-state index in [1.165, 1.54) is 51.4 Å². The van der Waals surface area contributed by atoms with Crippen molar-refractivity contribution in [3.05, 3.63) is 48.6 Å². The third kappa shape index (κ3) is 39.0. The maximum atomic E-state index is 13.2. The van der Waals surface area contributed by atoms with Crippen LogP contribution in [0.1, 0.15) is 216 Å². The van der Waals surface area contributed by atoms with Crippen molar-refractivity contribution < 1.29 is 37.4 Å². The van der Waals surface area contributed by atoms with E-state index in [9.17, 15) is 14.4 Å². The highest BCUT2D eigenvalue weighted by atomic mass is 28.4. The van der Waals surface area contributed by atoms with Crippen LogP contribution < -0.4 is 0 Å². The van der Waals surface area contributed by atoms with Crippen molar-refractivity contribution in [3.8, 4) is 0 Å². The number of nitrogens with zero attached hydrogens (tertiary/aromatic N) is 1. The van der Waals surface area contributed by atoms with Gasteiger partial charge in [0.2, 0.25) is 0 Å². The lowest BCUT2D eigenvalue weighted by Crippen LogP contribution is -2.45. The van der Waals surface area contributed by atoms with Crippen molar-refractivity contribution in [2.45, 2.75) is 258 Å². The minimum absolute atomic E-state index is 0.103. The van der Waals surface area contributed by atoms with E-state index in [2.05, 4.69) is 135 Å². The summed E-state index contributed by atoms with van der Waals surface area (Å²) in [6, 6.07) is 0. The van der Waals surface area contributed by atoms with E-state index < -0.39 is 22.7 Å². The minimum atomic E-state index is -1.94. The molecule has 0 heterocycles. The van der Waals surface area contributed by atoms with E-state index >= 15 is 0 Å². The molecule has 9 nitrogen and oxygen atoms in total. The predicted octanol–water partition coefficient (Wildman–Crippen LogP) is 16.3. The zero-order chi connectivity index (χ0) is 51.7. The highest BCUT2D eigenvalue weighted by Gasteiger charge is 2.38. The molecule has 11 heteroatoms. The smallest absolute Gasteiger partial charge is 0.307 e. The molecule has 0 aromatic heterocycles. The summed E-state index contributed by atoms with van der Waals surface area (Å²) >= 11 is 0. The molecule has 0 N–H and O–H groups in total. The molecule has 0 fully saturated rings. The van der Waals surface area contributed by atoms with Crippen LogP contribution >= 0.6 is 0 Å². The van der Waals surface area contributed by atoms with E-state index in [1.807, 2.05) is 0 Å². The summed E-state index contributed by atoms with van der Waals surface area (Å²) in [5, 5.41) is 0.207. The quantitative estimate of drug-likeness (QED) is 0.0194. The molecule has 0 radical (unpaired) electrons. The van der Waals surface area contributed by atoms with Crippen LogP contribution in [0.4, 0.5) is 0 Å². The maximum Gasteiger partial charge on any atom is 0.307 e. The molecule has 0 unspecified atom stereocenters. The largest absolute Gasteiger partial charge is 0.462 e. The van der Waals surface area contributed by atoms with E-state index in [0.29, 0.717) is 39.3 Å². The van der Waals surface area contributed by atoms with Gasteiger partial charge in [-0.25, -0.2) is 0 Å². The third-order valence-corrected chi connectivity index (χ3v) is 22.9. The molecule has 0 aliphatic carbocycles. The van der Waals surface area contributed by atoms with Gasteiger partial charge in [0.1, 0.15) is 13.2 Å². The van der Waals surface area contributed by atoms with Crippen LogP contribution in [-0.4, -0.2) is 91.6 Å². The van der Waals surface area contributed by atoms with Gasteiger partial charge in [0.25, 0.3) is 0 Å². The second kappa shape index (κ2) is 41.2. The predicted molar refractivity (Wildman–Crippen MR) is 298 cm³/mol. The fraction of sp³-hybridized carbons (Fsp3) is 0.810. The summed E-state index contributed by atoms with van der Waals surface area (Å²) in [4.78, 5) is 41.3. The molecule has 0 aromatic carbocycles. The molecule has 0 amide bonds. The highest BCUT2D eigenvalue weighted by Crippen LogP contribution is 2.37. The molecule has 1 atom stereocenters. The van der Waals surface area contributed by atoms with Crippen molar-refractivity contribution in [3.63, 3.8) is 0 Å². The Bertz CT molecular complexity index is 1380. The van der Waals surface area contributed by atoms with Gasteiger partial charge in [-0.05, 0) is 113 Å². The first kappa shape index (κ1) is 66.7. The summed E-state index contributed by atoms with van der Waals surface area (Å²) in [7, 11) is -3.87. The van der Waals surface area contributed by atoms with Crippen molar-refractivity contribution in [1.82, 2.24) is 4.90 Å². The average Bonchev–Trinajstić information content (AvgIpc) is 3.28. The lowest BCUT2D eigenvalue weighted by Gasteiger charge is -2.38. The summed E-state index contributed by atoms with van der Waals surface area (Å²) < 4.78 is 30.1. The number of carbonyl (C=O) groups is 3. The monoisotopic (exact) mass is 1000 g/mol. The van der Waals surface area contributed by atoms with Crippen LogP contribution in [0.15, 0.2) is 48.6 Å². The fourth-order valence-corrected chi connectivity index (χ4v) is 8.99. The van der Waals surface area contributed by atoms with Gasteiger partial charge in [-0.1, -0.05) is 168 Å². The SMILES string of the molecule is CCCCC/C=C\C/C=C\CCCCCCCC(=O)OC[C@H](COC(=O)CCN(CCO[Si](C)(C)C(C)(C)C)CCO[Si](C)(C)C(C)(C)C)OC(=O)CCCCCCC/C=C\C/C=C\CCCCC. The lowest BCUT2D eigenvalue weighted by molar-refractivity contribution is -0.167. The number of rotatable bonds is 44. The van der Waals surface area contributed by atoms with Gasteiger partial charge in [0.05, 0.1) is 6.42 Å². The van der Waals surface area contributed by atoms with Gasteiger partial charge in [0.15, 0.2) is 22.7 Å². The first-order chi connectivity index (χ1) is 32.8.